The van der Waals surface area contributed by atoms with Gasteiger partial charge in [-0.1, -0.05) is 0 Å². The number of ether oxygens (including phenoxy) is 2. The Hall–Kier alpha value is -2.76. The van der Waals surface area contributed by atoms with E-state index in [0.717, 1.165) is 0 Å². The standard InChI is InChI=1S/C16H23N3O8/c1-2-27-11-3-4-12(14(9-11)19(24)25)18-15(21)10-13(16(22)23)17-5-7-26-8-6-20/h3-4,9,13,17,20H,2,5-8,10H2,1H3,(H,18,21)(H,22,23). The van der Waals surface area contributed by atoms with E-state index in [2.05, 4.69) is 10.6 Å². The number of carboxylic acids is 1. The van der Waals surface area contributed by atoms with E-state index in [9.17, 15) is 24.8 Å². The van der Waals surface area contributed by atoms with Gasteiger partial charge in [-0.2, -0.15) is 0 Å². The van der Waals surface area contributed by atoms with E-state index in [1.165, 1.54) is 18.2 Å². The van der Waals surface area contributed by atoms with Gasteiger partial charge in [-0.3, -0.25) is 19.7 Å². The summed E-state index contributed by atoms with van der Waals surface area (Å²) in [6, 6.07) is 2.79. The smallest absolute Gasteiger partial charge is 0.321 e. The highest BCUT2D eigenvalue weighted by atomic mass is 16.6. The van der Waals surface area contributed by atoms with Crippen LogP contribution in [-0.2, 0) is 14.3 Å². The Morgan fingerprint density at radius 2 is 2.07 bits per heavy atom. The quantitative estimate of drug-likeness (QED) is 0.214. The molecule has 0 fully saturated rings. The van der Waals surface area contributed by atoms with Crippen LogP contribution in [0.2, 0.25) is 0 Å². The first-order valence-corrected chi connectivity index (χ1v) is 8.24. The highest BCUT2D eigenvalue weighted by Gasteiger charge is 2.23. The first-order chi connectivity index (χ1) is 12.9. The van der Waals surface area contributed by atoms with E-state index in [0.29, 0.717) is 6.61 Å². The Morgan fingerprint density at radius 1 is 1.33 bits per heavy atom. The van der Waals surface area contributed by atoms with Gasteiger partial charge in [-0.25, -0.2) is 0 Å². The average molecular weight is 385 g/mol. The van der Waals surface area contributed by atoms with Crippen LogP contribution >= 0.6 is 0 Å². The summed E-state index contributed by atoms with van der Waals surface area (Å²) in [5.41, 5.74) is -0.407. The Bertz CT molecular complexity index is 653. The number of anilines is 1. The predicted octanol–water partition coefficient (Wildman–Crippen LogP) is 0.374. The van der Waals surface area contributed by atoms with E-state index in [4.69, 9.17) is 14.6 Å². The number of nitrogens with zero attached hydrogens (tertiary/aromatic N) is 1. The number of hydrogen-bond donors (Lipinski definition) is 4. The Balaban J connectivity index is 2.70. The van der Waals surface area contributed by atoms with Crippen molar-refractivity contribution in [2.75, 3.05) is 38.3 Å². The first kappa shape index (κ1) is 22.3. The molecule has 27 heavy (non-hydrogen) atoms. The van der Waals surface area contributed by atoms with Crippen LogP contribution in [0, 0.1) is 10.1 Å². The lowest BCUT2D eigenvalue weighted by Gasteiger charge is -2.14. The van der Waals surface area contributed by atoms with Gasteiger partial charge in [0.2, 0.25) is 5.91 Å². The second kappa shape index (κ2) is 11.8. The molecule has 1 atom stereocenters. The lowest BCUT2D eigenvalue weighted by Crippen LogP contribution is -2.41. The molecule has 1 aromatic rings. The molecule has 4 N–H and O–H groups in total. The van der Waals surface area contributed by atoms with E-state index < -0.39 is 29.3 Å². The number of nitrogens with one attached hydrogen (secondary N) is 2. The molecule has 1 amide bonds. The van der Waals surface area contributed by atoms with Gasteiger partial charge < -0.3 is 30.3 Å². The molecule has 0 aliphatic heterocycles. The molecule has 0 aliphatic rings. The van der Waals surface area contributed by atoms with Crippen LogP contribution < -0.4 is 15.4 Å². The topological polar surface area (TPSA) is 160 Å². The highest BCUT2D eigenvalue weighted by molar-refractivity contribution is 5.95. The second-order valence-electron chi connectivity index (χ2n) is 5.30. The molecule has 0 radical (unpaired) electrons. The summed E-state index contributed by atoms with van der Waals surface area (Å²) < 4.78 is 10.2. The van der Waals surface area contributed by atoms with Crippen LogP contribution in [0.15, 0.2) is 18.2 Å². The van der Waals surface area contributed by atoms with Gasteiger partial charge >= 0.3 is 5.97 Å². The number of aliphatic carboxylic acids is 1. The molecule has 150 valence electrons. The minimum absolute atomic E-state index is 0.0520. The summed E-state index contributed by atoms with van der Waals surface area (Å²) in [4.78, 5) is 33.9. The normalized spacial score (nSPS) is 11.6. The Kier molecular flexibility index (Phi) is 9.72. The lowest BCUT2D eigenvalue weighted by atomic mass is 10.2. The fraction of sp³-hybridized carbons (Fsp3) is 0.500. The van der Waals surface area contributed by atoms with Crippen LogP contribution in [-0.4, -0.2) is 66.0 Å². The maximum Gasteiger partial charge on any atom is 0.321 e. The summed E-state index contributed by atoms with van der Waals surface area (Å²) in [5.74, 6) is -1.65. The molecule has 0 aliphatic carbocycles. The summed E-state index contributed by atoms with van der Waals surface area (Å²) in [6.45, 7) is 2.36. The Labute approximate surface area is 155 Å². The fourth-order valence-corrected chi connectivity index (χ4v) is 2.13. The minimum Gasteiger partial charge on any atom is -0.494 e. The number of amides is 1. The van der Waals surface area contributed by atoms with Crippen molar-refractivity contribution in [3.05, 3.63) is 28.3 Å². The fourth-order valence-electron chi connectivity index (χ4n) is 2.13. The Morgan fingerprint density at radius 3 is 2.67 bits per heavy atom. The molecule has 1 unspecified atom stereocenters. The number of benzene rings is 1. The molecule has 1 rings (SSSR count). The van der Waals surface area contributed by atoms with Crippen molar-refractivity contribution in [1.29, 1.82) is 0 Å². The molecule has 0 saturated carbocycles. The van der Waals surface area contributed by atoms with Crippen LogP contribution in [0.5, 0.6) is 5.75 Å². The minimum atomic E-state index is -1.24. The third-order valence-corrected chi connectivity index (χ3v) is 3.31. The molecule has 0 spiro atoms. The van der Waals surface area contributed by atoms with E-state index in [-0.39, 0.29) is 43.5 Å². The van der Waals surface area contributed by atoms with Crippen molar-refractivity contribution < 1.29 is 34.2 Å². The van der Waals surface area contributed by atoms with Crippen LogP contribution in [0.1, 0.15) is 13.3 Å². The third-order valence-electron chi connectivity index (χ3n) is 3.31. The number of carbonyl (C=O) groups excluding carboxylic acids is 1. The van der Waals surface area contributed by atoms with Gasteiger partial charge in [0, 0.05) is 6.54 Å². The van der Waals surface area contributed by atoms with Crippen LogP contribution in [0.25, 0.3) is 0 Å². The number of hydrogen-bond acceptors (Lipinski definition) is 8. The summed E-state index contributed by atoms with van der Waals surface area (Å²) in [6.07, 6.45) is -0.431. The van der Waals surface area contributed by atoms with E-state index in [1.807, 2.05) is 0 Å². The largest absolute Gasteiger partial charge is 0.494 e. The molecule has 1 aromatic carbocycles. The van der Waals surface area contributed by atoms with Crippen molar-refractivity contribution in [3.8, 4) is 5.75 Å². The zero-order valence-corrected chi connectivity index (χ0v) is 14.8. The van der Waals surface area contributed by atoms with E-state index >= 15 is 0 Å². The van der Waals surface area contributed by atoms with Crippen molar-refractivity contribution >= 4 is 23.3 Å². The summed E-state index contributed by atoms with van der Waals surface area (Å²) >= 11 is 0. The predicted molar refractivity (Wildman–Crippen MR) is 94.8 cm³/mol. The van der Waals surface area contributed by atoms with Crippen LogP contribution in [0.3, 0.4) is 0 Å². The van der Waals surface area contributed by atoms with Gasteiger partial charge in [-0.15, -0.1) is 0 Å². The first-order valence-electron chi connectivity index (χ1n) is 8.24. The third kappa shape index (κ3) is 7.98. The van der Waals surface area contributed by atoms with Crippen LogP contribution in [0.4, 0.5) is 11.4 Å². The zero-order chi connectivity index (χ0) is 20.2. The van der Waals surface area contributed by atoms with E-state index in [1.54, 1.807) is 6.92 Å². The monoisotopic (exact) mass is 385 g/mol. The van der Waals surface area contributed by atoms with Gasteiger partial charge in [0.25, 0.3) is 5.69 Å². The molecule has 11 heteroatoms. The molecule has 0 heterocycles. The molecular formula is C16H23N3O8. The maximum atomic E-state index is 12.1. The molecule has 0 bridgehead atoms. The SMILES string of the molecule is CCOc1ccc(NC(=O)CC(NCCOCCO)C(=O)O)c([N+](=O)[O-])c1. The van der Waals surface area contributed by atoms with Gasteiger partial charge in [0.05, 0.1) is 43.8 Å². The number of aliphatic hydroxyl groups excluding tert-OH is 1. The highest BCUT2D eigenvalue weighted by Crippen LogP contribution is 2.29. The van der Waals surface area contributed by atoms with Crippen molar-refractivity contribution in [3.63, 3.8) is 0 Å². The summed E-state index contributed by atoms with van der Waals surface area (Å²) in [7, 11) is 0. The summed E-state index contributed by atoms with van der Waals surface area (Å²) in [5, 5.41) is 33.9. The second-order valence-corrected chi connectivity index (χ2v) is 5.30. The molecular weight excluding hydrogens is 362 g/mol. The maximum absolute atomic E-state index is 12.1. The number of carboxylic acid groups (broad SMARTS) is 1. The number of carbonyl (C=O) groups is 2. The number of nitro groups is 1. The van der Waals surface area contributed by atoms with Crippen molar-refractivity contribution in [2.45, 2.75) is 19.4 Å². The van der Waals surface area contributed by atoms with Gasteiger partial charge in [0.1, 0.15) is 17.5 Å². The lowest BCUT2D eigenvalue weighted by molar-refractivity contribution is -0.384. The number of nitro benzene ring substituents is 1. The molecule has 0 saturated heterocycles. The van der Waals surface area contributed by atoms with Crippen molar-refractivity contribution in [1.82, 2.24) is 5.32 Å². The zero-order valence-electron chi connectivity index (χ0n) is 14.8. The number of rotatable bonds is 13. The molecule has 11 nitrogen and oxygen atoms in total. The van der Waals surface area contributed by atoms with Gasteiger partial charge in [-0.05, 0) is 19.1 Å². The number of aliphatic hydroxyl groups is 1. The average Bonchev–Trinajstić information content (AvgIpc) is 2.61. The van der Waals surface area contributed by atoms with Gasteiger partial charge in [0.15, 0.2) is 0 Å². The van der Waals surface area contributed by atoms with Crippen molar-refractivity contribution in [2.24, 2.45) is 0 Å². The molecule has 0 aromatic heterocycles.